The monoisotopic (exact) mass is 432 g/mol. The summed E-state index contributed by atoms with van der Waals surface area (Å²) in [6, 6.07) is 1.70. The predicted octanol–water partition coefficient (Wildman–Crippen LogP) is 3.26. The Labute approximate surface area is 178 Å². The van der Waals surface area contributed by atoms with E-state index in [1.165, 1.54) is 25.7 Å². The number of ether oxygens (including phenoxy) is 3. The molecule has 0 bridgehead atoms. The van der Waals surface area contributed by atoms with Gasteiger partial charge in [-0.1, -0.05) is 13.8 Å². The minimum absolute atomic E-state index is 0.323. The SMILES string of the molecule is COC(=O)[C@@H]1C=C(OC(=O)O)C(=O)[C@H]2[C@@]1(C)CC[C@H]1C(=O)O[C@H](c3ccoc3)C[C@]21C. The van der Waals surface area contributed by atoms with Crippen LogP contribution in [0.5, 0.6) is 0 Å². The molecular weight excluding hydrogens is 408 g/mol. The third kappa shape index (κ3) is 3.14. The molecule has 166 valence electrons. The minimum Gasteiger partial charge on any atom is -0.472 e. The Kier molecular flexibility index (Phi) is 4.94. The Bertz CT molecular complexity index is 962. The van der Waals surface area contributed by atoms with E-state index < -0.39 is 64.3 Å². The molecule has 0 aromatic carbocycles. The highest BCUT2D eigenvalue weighted by Gasteiger charge is 2.66. The average Bonchev–Trinajstić information content (AvgIpc) is 3.23. The summed E-state index contributed by atoms with van der Waals surface area (Å²) in [5.74, 6) is -4.25. The van der Waals surface area contributed by atoms with Crippen molar-refractivity contribution in [1.29, 1.82) is 0 Å². The summed E-state index contributed by atoms with van der Waals surface area (Å²) in [4.78, 5) is 50.4. The number of carbonyl (C=O) groups excluding carboxylic acids is 3. The van der Waals surface area contributed by atoms with Crippen molar-refractivity contribution in [2.24, 2.45) is 28.6 Å². The molecule has 2 aliphatic carbocycles. The van der Waals surface area contributed by atoms with Crippen LogP contribution in [-0.2, 0) is 28.6 Å². The van der Waals surface area contributed by atoms with Crippen LogP contribution >= 0.6 is 0 Å². The number of methoxy groups -OCH3 is 1. The van der Waals surface area contributed by atoms with Gasteiger partial charge in [0.05, 0.1) is 31.5 Å². The predicted molar refractivity (Wildman–Crippen MR) is 102 cm³/mol. The summed E-state index contributed by atoms with van der Waals surface area (Å²) >= 11 is 0. The van der Waals surface area contributed by atoms with Gasteiger partial charge in [0.15, 0.2) is 5.76 Å². The summed E-state index contributed by atoms with van der Waals surface area (Å²) in [6.45, 7) is 3.66. The van der Waals surface area contributed by atoms with Gasteiger partial charge < -0.3 is 23.7 Å². The maximum atomic E-state index is 13.5. The number of furan rings is 1. The zero-order valence-corrected chi connectivity index (χ0v) is 17.5. The second-order valence-corrected chi connectivity index (χ2v) is 8.99. The van der Waals surface area contributed by atoms with Crippen LogP contribution in [0.15, 0.2) is 34.8 Å². The zero-order valence-electron chi connectivity index (χ0n) is 17.5. The molecule has 1 saturated carbocycles. The second-order valence-electron chi connectivity index (χ2n) is 8.99. The Hall–Kier alpha value is -3.10. The number of esters is 2. The maximum absolute atomic E-state index is 13.5. The van der Waals surface area contributed by atoms with E-state index in [-0.39, 0.29) is 0 Å². The van der Waals surface area contributed by atoms with Gasteiger partial charge in [0.1, 0.15) is 6.10 Å². The van der Waals surface area contributed by atoms with Gasteiger partial charge in [-0.3, -0.25) is 14.4 Å². The number of ketones is 1. The van der Waals surface area contributed by atoms with Gasteiger partial charge in [0.25, 0.3) is 0 Å². The van der Waals surface area contributed by atoms with Crippen LogP contribution in [0, 0.1) is 28.6 Å². The Morgan fingerprint density at radius 2 is 1.97 bits per heavy atom. The molecule has 1 saturated heterocycles. The molecule has 1 aliphatic heterocycles. The van der Waals surface area contributed by atoms with Gasteiger partial charge in [-0.2, -0.15) is 0 Å². The van der Waals surface area contributed by atoms with Crippen LogP contribution < -0.4 is 0 Å². The first-order chi connectivity index (χ1) is 14.6. The fourth-order valence-electron chi connectivity index (χ4n) is 5.98. The molecule has 0 amide bonds. The number of Topliss-reactive ketones (excluding diaryl/α,β-unsaturated/α-hetero) is 1. The van der Waals surface area contributed by atoms with E-state index in [0.29, 0.717) is 24.8 Å². The van der Waals surface area contributed by atoms with Gasteiger partial charge in [0, 0.05) is 11.5 Å². The van der Waals surface area contributed by atoms with Crippen molar-refractivity contribution >= 4 is 23.9 Å². The topological polar surface area (TPSA) is 129 Å². The fraction of sp³-hybridized carbons (Fsp3) is 0.545. The Morgan fingerprint density at radius 3 is 2.58 bits per heavy atom. The summed E-state index contributed by atoms with van der Waals surface area (Å²) in [5, 5.41) is 9.12. The van der Waals surface area contributed by atoms with Crippen molar-refractivity contribution < 1.29 is 42.9 Å². The quantitative estimate of drug-likeness (QED) is 0.565. The van der Waals surface area contributed by atoms with Gasteiger partial charge in [-0.15, -0.1) is 0 Å². The van der Waals surface area contributed by atoms with Crippen LogP contribution in [-0.4, -0.2) is 36.1 Å². The number of fused-ring (bicyclic) bond motifs is 3. The van der Waals surface area contributed by atoms with E-state index in [2.05, 4.69) is 0 Å². The van der Waals surface area contributed by atoms with Crippen LogP contribution in [0.25, 0.3) is 0 Å². The lowest BCUT2D eigenvalue weighted by Crippen LogP contribution is -2.61. The van der Waals surface area contributed by atoms with Crippen molar-refractivity contribution in [2.75, 3.05) is 7.11 Å². The summed E-state index contributed by atoms with van der Waals surface area (Å²) in [7, 11) is 1.24. The number of hydrogen-bond acceptors (Lipinski definition) is 8. The lowest BCUT2D eigenvalue weighted by molar-refractivity contribution is -0.197. The molecule has 6 atom stereocenters. The van der Waals surface area contributed by atoms with E-state index in [9.17, 15) is 19.2 Å². The molecule has 4 rings (SSSR count). The van der Waals surface area contributed by atoms with Gasteiger partial charge in [0.2, 0.25) is 5.78 Å². The van der Waals surface area contributed by atoms with E-state index >= 15 is 0 Å². The average molecular weight is 432 g/mol. The van der Waals surface area contributed by atoms with Crippen molar-refractivity contribution in [3.8, 4) is 0 Å². The lowest BCUT2D eigenvalue weighted by Gasteiger charge is -2.59. The molecule has 0 radical (unpaired) electrons. The first kappa shape index (κ1) is 21.1. The molecule has 3 aliphatic rings. The highest BCUT2D eigenvalue weighted by atomic mass is 16.7. The molecule has 0 unspecified atom stereocenters. The molecule has 31 heavy (non-hydrogen) atoms. The van der Waals surface area contributed by atoms with Crippen molar-refractivity contribution in [3.63, 3.8) is 0 Å². The highest BCUT2D eigenvalue weighted by Crippen LogP contribution is 2.64. The third-order valence-electron chi connectivity index (χ3n) is 7.36. The normalized spacial score (nSPS) is 37.1. The smallest absolute Gasteiger partial charge is 0.472 e. The van der Waals surface area contributed by atoms with Crippen LogP contribution in [0.1, 0.15) is 44.8 Å². The molecule has 2 heterocycles. The Balaban J connectivity index is 1.83. The van der Waals surface area contributed by atoms with Crippen molar-refractivity contribution in [2.45, 2.75) is 39.2 Å². The van der Waals surface area contributed by atoms with Crippen LogP contribution in [0.4, 0.5) is 4.79 Å². The largest absolute Gasteiger partial charge is 0.511 e. The standard InChI is InChI=1S/C22H24O9/c1-21-6-4-12-19(25)30-15(11-5-7-29-10-11)9-22(12,2)17(21)16(23)14(31-20(26)27)8-13(21)18(24)28-3/h5,7-8,10,12-13,15,17H,4,6,9H2,1-3H3,(H,26,27)/t12-,13-,15-,17-,21-,22-/m0/s1. The van der Waals surface area contributed by atoms with E-state index in [0.717, 1.165) is 0 Å². The first-order valence-corrected chi connectivity index (χ1v) is 10.1. The van der Waals surface area contributed by atoms with Crippen molar-refractivity contribution in [1.82, 2.24) is 0 Å². The molecule has 1 aromatic heterocycles. The molecule has 9 heteroatoms. The number of hydrogen-bond donors (Lipinski definition) is 1. The van der Waals surface area contributed by atoms with Gasteiger partial charge >= 0.3 is 18.1 Å². The first-order valence-electron chi connectivity index (χ1n) is 10.1. The van der Waals surface area contributed by atoms with Gasteiger partial charge in [-0.25, -0.2) is 4.79 Å². The maximum Gasteiger partial charge on any atom is 0.511 e. The number of allylic oxidation sites excluding steroid dienone is 1. The molecular formula is C22H24O9. The lowest BCUT2D eigenvalue weighted by atomic mass is 9.44. The summed E-state index contributed by atoms with van der Waals surface area (Å²) in [5.41, 5.74) is -1.10. The van der Waals surface area contributed by atoms with Crippen LogP contribution in [0.2, 0.25) is 0 Å². The summed E-state index contributed by atoms with van der Waals surface area (Å²) < 4.78 is 20.5. The number of rotatable bonds is 3. The molecule has 2 fully saturated rings. The second kappa shape index (κ2) is 7.25. The van der Waals surface area contributed by atoms with Gasteiger partial charge in [-0.05, 0) is 42.2 Å². The molecule has 1 aromatic rings. The van der Waals surface area contributed by atoms with E-state index in [1.54, 1.807) is 6.07 Å². The van der Waals surface area contributed by atoms with E-state index in [1.807, 2.05) is 13.8 Å². The molecule has 0 spiro atoms. The number of carboxylic acid groups (broad SMARTS) is 1. The number of carbonyl (C=O) groups is 4. The Morgan fingerprint density at radius 1 is 1.23 bits per heavy atom. The minimum atomic E-state index is -1.65. The molecule has 9 nitrogen and oxygen atoms in total. The zero-order chi connectivity index (χ0) is 22.6. The fourth-order valence-corrected chi connectivity index (χ4v) is 5.98. The summed E-state index contributed by atoms with van der Waals surface area (Å²) in [6.07, 6.45) is 3.10. The highest BCUT2D eigenvalue weighted by molar-refractivity contribution is 6.01. The van der Waals surface area contributed by atoms with Crippen molar-refractivity contribution in [3.05, 3.63) is 36.0 Å². The number of cyclic esters (lactones) is 1. The molecule has 1 N–H and O–H groups in total. The van der Waals surface area contributed by atoms with E-state index in [4.69, 9.17) is 23.7 Å². The van der Waals surface area contributed by atoms with Crippen LogP contribution in [0.3, 0.4) is 0 Å². The third-order valence-corrected chi connectivity index (χ3v) is 7.36.